The van der Waals surface area contributed by atoms with E-state index in [1.54, 1.807) is 0 Å². The third-order valence-electron chi connectivity index (χ3n) is 6.24. The first-order chi connectivity index (χ1) is 15.8. The van der Waals surface area contributed by atoms with Gasteiger partial charge in [-0.1, -0.05) is 39.3 Å². The molecule has 0 spiro atoms. The van der Waals surface area contributed by atoms with Crippen molar-refractivity contribution in [3.8, 4) is 0 Å². The fraction of sp³-hybridized carbons (Fsp3) is 0.760. The maximum atomic E-state index is 13.2. The molecule has 0 aromatic carbocycles. The summed E-state index contributed by atoms with van der Waals surface area (Å²) in [6.07, 6.45) is 4.33. The van der Waals surface area contributed by atoms with Crippen LogP contribution in [0.15, 0.2) is 11.6 Å². The molecule has 0 radical (unpaired) electrons. The van der Waals surface area contributed by atoms with E-state index < -0.39 is 59.4 Å². The lowest BCUT2D eigenvalue weighted by atomic mass is 9.51. The van der Waals surface area contributed by atoms with Crippen LogP contribution in [0.5, 0.6) is 0 Å². The molecule has 3 aliphatic rings. The van der Waals surface area contributed by atoms with Crippen molar-refractivity contribution < 1.29 is 38.1 Å². The molecule has 4 unspecified atom stereocenters. The minimum Gasteiger partial charge on any atom is -0.465 e. The van der Waals surface area contributed by atoms with Crippen LogP contribution in [0, 0.1) is 35.5 Å². The normalized spacial score (nSPS) is 28.0. The maximum absolute atomic E-state index is 13.2. The summed E-state index contributed by atoms with van der Waals surface area (Å²) < 4.78 is 21.7. The highest BCUT2D eigenvalue weighted by molar-refractivity contribution is 5.90. The molecule has 8 nitrogen and oxygen atoms in total. The van der Waals surface area contributed by atoms with Gasteiger partial charge in [0, 0.05) is 11.8 Å². The molecule has 8 heteroatoms. The zero-order valence-electron chi connectivity index (χ0n) is 20.5. The Morgan fingerprint density at radius 1 is 0.606 bits per heavy atom. The summed E-state index contributed by atoms with van der Waals surface area (Å²) in [6.45, 7) is 10.2. The van der Waals surface area contributed by atoms with E-state index in [4.69, 9.17) is 18.9 Å². The van der Waals surface area contributed by atoms with Crippen LogP contribution in [0.25, 0.3) is 0 Å². The molecule has 0 aromatic rings. The number of ether oxygens (including phenoxy) is 4. The van der Waals surface area contributed by atoms with E-state index in [9.17, 15) is 19.2 Å². The Labute approximate surface area is 196 Å². The summed E-state index contributed by atoms with van der Waals surface area (Å²) in [5, 5.41) is 0. The van der Waals surface area contributed by atoms with E-state index in [1.807, 2.05) is 40.7 Å². The molecule has 1 saturated carbocycles. The second kappa shape index (κ2) is 12.8. The molecule has 0 aromatic heterocycles. The zero-order valence-corrected chi connectivity index (χ0v) is 20.5. The second-order valence-corrected chi connectivity index (χ2v) is 8.79. The van der Waals surface area contributed by atoms with Crippen LogP contribution in [-0.4, -0.2) is 50.3 Å². The molecule has 1 fully saturated rings. The van der Waals surface area contributed by atoms with Crippen molar-refractivity contribution in [1.82, 2.24) is 0 Å². The highest BCUT2D eigenvalue weighted by Gasteiger charge is 2.63. The molecule has 33 heavy (non-hydrogen) atoms. The van der Waals surface area contributed by atoms with Crippen molar-refractivity contribution in [2.45, 2.75) is 60.3 Å². The van der Waals surface area contributed by atoms with E-state index in [2.05, 4.69) is 0 Å². The van der Waals surface area contributed by atoms with Crippen molar-refractivity contribution in [1.29, 1.82) is 0 Å². The topological polar surface area (TPSA) is 105 Å². The van der Waals surface area contributed by atoms with Gasteiger partial charge in [-0.3, -0.25) is 19.2 Å². The fourth-order valence-electron chi connectivity index (χ4n) is 4.95. The van der Waals surface area contributed by atoms with Crippen LogP contribution >= 0.6 is 0 Å². The zero-order chi connectivity index (χ0) is 24.5. The van der Waals surface area contributed by atoms with Crippen molar-refractivity contribution in [2.24, 2.45) is 35.5 Å². The van der Waals surface area contributed by atoms with Crippen molar-refractivity contribution in [2.75, 3.05) is 26.4 Å². The van der Waals surface area contributed by atoms with Gasteiger partial charge in [0.25, 0.3) is 0 Å². The van der Waals surface area contributed by atoms with Gasteiger partial charge in [-0.25, -0.2) is 0 Å². The first-order valence-electron chi connectivity index (χ1n) is 12.2. The van der Waals surface area contributed by atoms with Crippen molar-refractivity contribution in [3.05, 3.63) is 11.6 Å². The fourth-order valence-corrected chi connectivity index (χ4v) is 4.95. The number of rotatable bonds is 12. The molecular weight excluding hydrogens is 428 g/mol. The molecule has 186 valence electrons. The van der Waals surface area contributed by atoms with Gasteiger partial charge < -0.3 is 18.9 Å². The molecule has 4 atom stereocenters. The lowest BCUT2D eigenvalue weighted by Gasteiger charge is -2.51. The van der Waals surface area contributed by atoms with Gasteiger partial charge in [-0.15, -0.1) is 0 Å². The van der Waals surface area contributed by atoms with Gasteiger partial charge in [0.1, 0.15) is 0 Å². The Kier molecular flexibility index (Phi) is 10.4. The van der Waals surface area contributed by atoms with E-state index in [0.29, 0.717) is 25.7 Å². The van der Waals surface area contributed by atoms with Crippen molar-refractivity contribution >= 4 is 23.9 Å². The molecule has 3 rings (SSSR count). The standard InChI is InChI=1S/C25H38O8/c1-6-10-30-22(26)18-16-14-15(5)17(20(18)24(28)32-12-8-3)21(25(29)33-13-9-4)19(16)23(27)31-11-7-2/h14,16-21H,6-13H2,1-5H3. The summed E-state index contributed by atoms with van der Waals surface area (Å²) in [5.74, 6) is -7.34. The average Bonchev–Trinajstić information content (AvgIpc) is 2.81. The SMILES string of the molecule is CCCOC(=O)C1C2C=C(C)C(C1C(=O)OCCC)C(C(=O)OCCC)C2C(=O)OCCC. The summed E-state index contributed by atoms with van der Waals surface area (Å²) >= 11 is 0. The Morgan fingerprint density at radius 2 is 0.909 bits per heavy atom. The Bertz CT molecular complexity index is 691. The summed E-state index contributed by atoms with van der Waals surface area (Å²) in [4.78, 5) is 52.7. The largest absolute Gasteiger partial charge is 0.465 e. The number of esters is 4. The summed E-state index contributed by atoms with van der Waals surface area (Å²) in [7, 11) is 0. The Balaban J connectivity index is 2.55. The van der Waals surface area contributed by atoms with E-state index in [1.165, 1.54) is 0 Å². The number of hydrogen-bond acceptors (Lipinski definition) is 8. The van der Waals surface area contributed by atoms with Crippen LogP contribution in [-0.2, 0) is 38.1 Å². The Hall–Kier alpha value is -2.38. The van der Waals surface area contributed by atoms with Crippen LogP contribution in [0.3, 0.4) is 0 Å². The maximum Gasteiger partial charge on any atom is 0.310 e. The lowest BCUT2D eigenvalue weighted by molar-refractivity contribution is -0.186. The molecular formula is C25H38O8. The van der Waals surface area contributed by atoms with Crippen LogP contribution in [0.2, 0.25) is 0 Å². The number of allylic oxidation sites excluding steroid dienone is 2. The third-order valence-corrected chi connectivity index (χ3v) is 6.24. The molecule has 0 N–H and O–H groups in total. The number of fused-ring (bicyclic) bond motifs is 2. The molecule has 2 bridgehead atoms. The smallest absolute Gasteiger partial charge is 0.310 e. The summed E-state index contributed by atoms with van der Waals surface area (Å²) in [6, 6.07) is 0. The van der Waals surface area contributed by atoms with Gasteiger partial charge in [-0.2, -0.15) is 0 Å². The molecule has 0 heterocycles. The Morgan fingerprint density at radius 3 is 1.21 bits per heavy atom. The second-order valence-electron chi connectivity index (χ2n) is 8.79. The lowest BCUT2D eigenvalue weighted by Crippen LogP contribution is -2.59. The molecule has 0 aliphatic heterocycles. The van der Waals surface area contributed by atoms with E-state index in [-0.39, 0.29) is 26.4 Å². The van der Waals surface area contributed by atoms with Gasteiger partial charge in [0.2, 0.25) is 0 Å². The van der Waals surface area contributed by atoms with Gasteiger partial charge in [0.05, 0.1) is 50.1 Å². The van der Waals surface area contributed by atoms with Crippen LogP contribution < -0.4 is 0 Å². The predicted octanol–water partition coefficient (Wildman–Crippen LogP) is 3.47. The third kappa shape index (κ3) is 5.95. The molecule has 3 aliphatic carbocycles. The van der Waals surface area contributed by atoms with Crippen LogP contribution in [0.4, 0.5) is 0 Å². The highest BCUT2D eigenvalue weighted by atomic mass is 16.5. The average molecular weight is 467 g/mol. The first kappa shape index (κ1) is 26.9. The van der Waals surface area contributed by atoms with Gasteiger partial charge in [0.15, 0.2) is 0 Å². The quantitative estimate of drug-likeness (QED) is 0.245. The number of carbonyl (C=O) groups excluding carboxylic acids is 4. The molecule has 0 amide bonds. The van der Waals surface area contributed by atoms with E-state index >= 15 is 0 Å². The first-order valence-corrected chi connectivity index (χ1v) is 12.2. The van der Waals surface area contributed by atoms with Crippen LogP contribution in [0.1, 0.15) is 60.3 Å². The highest BCUT2D eigenvalue weighted by Crippen LogP contribution is 2.55. The van der Waals surface area contributed by atoms with E-state index in [0.717, 1.165) is 5.57 Å². The minimum absolute atomic E-state index is 0.207. The summed E-state index contributed by atoms with van der Waals surface area (Å²) in [5.41, 5.74) is 0.774. The predicted molar refractivity (Wildman–Crippen MR) is 120 cm³/mol. The van der Waals surface area contributed by atoms with Gasteiger partial charge >= 0.3 is 23.9 Å². The molecule has 0 saturated heterocycles. The minimum atomic E-state index is -0.927. The van der Waals surface area contributed by atoms with Gasteiger partial charge in [-0.05, 0) is 32.6 Å². The number of carbonyl (C=O) groups is 4. The van der Waals surface area contributed by atoms with Crippen molar-refractivity contribution in [3.63, 3.8) is 0 Å². The number of hydrogen-bond donors (Lipinski definition) is 0. The monoisotopic (exact) mass is 466 g/mol.